The Morgan fingerprint density at radius 3 is 2.79 bits per heavy atom. The minimum atomic E-state index is -0.389. The second-order valence-electron chi connectivity index (χ2n) is 9.40. The molecular formula is C21H32O3. The number of fused-ring (bicyclic) bond motifs is 5. The van der Waals surface area contributed by atoms with E-state index < -0.39 is 0 Å². The van der Waals surface area contributed by atoms with Crippen LogP contribution < -0.4 is 0 Å². The van der Waals surface area contributed by atoms with Gasteiger partial charge in [-0.3, -0.25) is 4.79 Å². The van der Waals surface area contributed by atoms with E-state index in [1.165, 1.54) is 44.6 Å². The van der Waals surface area contributed by atoms with Crippen LogP contribution in [0.5, 0.6) is 0 Å². The van der Waals surface area contributed by atoms with Crippen LogP contribution in [0, 0.1) is 28.6 Å². The fourth-order valence-corrected chi connectivity index (χ4v) is 7.00. The molecule has 3 nitrogen and oxygen atoms in total. The maximum atomic E-state index is 11.3. The Morgan fingerprint density at radius 2 is 2.04 bits per heavy atom. The van der Waals surface area contributed by atoms with Gasteiger partial charge in [0.2, 0.25) is 0 Å². The molecule has 3 fully saturated rings. The summed E-state index contributed by atoms with van der Waals surface area (Å²) in [4.78, 5) is 11.3. The number of carbonyl (C=O) groups excluding carboxylic acids is 1. The van der Waals surface area contributed by atoms with Gasteiger partial charge in [-0.15, -0.1) is 0 Å². The maximum absolute atomic E-state index is 11.3. The van der Waals surface area contributed by atoms with Gasteiger partial charge in [0.25, 0.3) is 0 Å². The lowest BCUT2D eigenvalue weighted by molar-refractivity contribution is -0.154. The van der Waals surface area contributed by atoms with E-state index in [2.05, 4.69) is 19.9 Å². The molecule has 0 saturated heterocycles. The number of aliphatic hydroxyl groups is 1. The molecule has 0 bridgehead atoms. The zero-order valence-electron chi connectivity index (χ0n) is 15.4. The number of allylic oxidation sites excluding steroid dienone is 1. The van der Waals surface area contributed by atoms with Gasteiger partial charge in [0.15, 0.2) is 0 Å². The number of rotatable bonds is 1. The van der Waals surface area contributed by atoms with Crippen molar-refractivity contribution in [3.8, 4) is 0 Å². The fourth-order valence-electron chi connectivity index (χ4n) is 7.00. The minimum Gasteiger partial charge on any atom is -0.462 e. The SMILES string of the molecule is CC(=O)OC1CC2=CC[C@H]3[C@@H]4CCC[C@@]4(C)CC[C@@H]3[C@@]2(C)C(O)C1. The van der Waals surface area contributed by atoms with Gasteiger partial charge in [0.1, 0.15) is 6.10 Å². The highest BCUT2D eigenvalue weighted by atomic mass is 16.5. The van der Waals surface area contributed by atoms with E-state index in [1.807, 2.05) is 0 Å². The number of carbonyl (C=O) groups is 1. The zero-order valence-corrected chi connectivity index (χ0v) is 15.4. The summed E-state index contributed by atoms with van der Waals surface area (Å²) in [5.74, 6) is 1.94. The Balaban J connectivity index is 1.63. The van der Waals surface area contributed by atoms with Gasteiger partial charge in [-0.25, -0.2) is 0 Å². The summed E-state index contributed by atoms with van der Waals surface area (Å²) in [7, 11) is 0. The Morgan fingerprint density at radius 1 is 1.25 bits per heavy atom. The van der Waals surface area contributed by atoms with E-state index in [4.69, 9.17) is 4.74 Å². The summed E-state index contributed by atoms with van der Waals surface area (Å²) in [5.41, 5.74) is 1.79. The number of ether oxygens (including phenoxy) is 1. The molecule has 1 N–H and O–H groups in total. The van der Waals surface area contributed by atoms with Gasteiger partial charge < -0.3 is 9.84 Å². The Kier molecular flexibility index (Phi) is 3.87. The Hall–Kier alpha value is -0.830. The Labute approximate surface area is 145 Å². The first-order chi connectivity index (χ1) is 11.3. The summed E-state index contributed by atoms with van der Waals surface area (Å²) < 4.78 is 5.44. The van der Waals surface area contributed by atoms with Crippen molar-refractivity contribution in [3.63, 3.8) is 0 Å². The van der Waals surface area contributed by atoms with Crippen molar-refractivity contribution in [2.75, 3.05) is 0 Å². The zero-order chi connectivity index (χ0) is 17.1. The lowest BCUT2D eigenvalue weighted by atomic mass is 9.47. The molecule has 134 valence electrons. The van der Waals surface area contributed by atoms with Crippen LogP contribution >= 0.6 is 0 Å². The van der Waals surface area contributed by atoms with Crippen molar-refractivity contribution >= 4 is 5.97 Å². The first-order valence-electron chi connectivity index (χ1n) is 9.89. The topological polar surface area (TPSA) is 46.5 Å². The monoisotopic (exact) mass is 332 g/mol. The highest BCUT2D eigenvalue weighted by Gasteiger charge is 2.58. The standard InChI is InChI=1S/C21H32O3/c1-13(22)24-15-11-14-6-7-16-17-5-4-9-20(17,2)10-8-18(16)21(14,3)19(23)12-15/h6,15-19,23H,4-5,7-12H2,1-3H3/t15?,16-,17-,18-,19?,20-,21-/m0/s1. The van der Waals surface area contributed by atoms with E-state index in [0.717, 1.165) is 24.7 Å². The van der Waals surface area contributed by atoms with Crippen molar-refractivity contribution in [1.82, 2.24) is 0 Å². The first-order valence-corrected chi connectivity index (χ1v) is 9.89. The highest BCUT2D eigenvalue weighted by Crippen LogP contribution is 2.64. The van der Waals surface area contributed by atoms with Crippen LogP contribution in [0.15, 0.2) is 11.6 Å². The van der Waals surface area contributed by atoms with Crippen molar-refractivity contribution in [2.24, 2.45) is 28.6 Å². The molecule has 3 heteroatoms. The van der Waals surface area contributed by atoms with E-state index in [1.54, 1.807) is 0 Å². The highest BCUT2D eigenvalue weighted by molar-refractivity contribution is 5.66. The number of hydrogen-bond donors (Lipinski definition) is 1. The molecule has 0 aromatic rings. The molecule has 0 heterocycles. The summed E-state index contributed by atoms with van der Waals surface area (Å²) in [6, 6.07) is 0. The van der Waals surface area contributed by atoms with Crippen molar-refractivity contribution < 1.29 is 14.6 Å². The van der Waals surface area contributed by atoms with Crippen LogP contribution in [0.3, 0.4) is 0 Å². The normalized spacial score (nSPS) is 50.3. The second kappa shape index (κ2) is 5.59. The van der Waals surface area contributed by atoms with Crippen LogP contribution in [0.2, 0.25) is 0 Å². The van der Waals surface area contributed by atoms with Gasteiger partial charge >= 0.3 is 5.97 Å². The molecule has 0 aromatic heterocycles. The van der Waals surface area contributed by atoms with Gasteiger partial charge in [-0.2, -0.15) is 0 Å². The summed E-state index contributed by atoms with van der Waals surface area (Å²) in [6.07, 6.45) is 11.2. The van der Waals surface area contributed by atoms with Gasteiger partial charge in [0, 0.05) is 25.2 Å². The third kappa shape index (κ3) is 2.30. The maximum Gasteiger partial charge on any atom is 0.302 e. The molecule has 4 rings (SSSR count). The van der Waals surface area contributed by atoms with Crippen LogP contribution in [-0.2, 0) is 9.53 Å². The van der Waals surface area contributed by atoms with Gasteiger partial charge in [-0.05, 0) is 55.3 Å². The van der Waals surface area contributed by atoms with Gasteiger partial charge in [0.05, 0.1) is 6.10 Å². The van der Waals surface area contributed by atoms with E-state index in [9.17, 15) is 9.90 Å². The molecule has 0 aliphatic heterocycles. The van der Waals surface area contributed by atoms with Crippen LogP contribution in [0.1, 0.15) is 72.1 Å². The quantitative estimate of drug-likeness (QED) is 0.577. The third-order valence-corrected chi connectivity index (χ3v) is 8.28. The summed E-state index contributed by atoms with van der Waals surface area (Å²) >= 11 is 0. The molecular weight excluding hydrogens is 300 g/mol. The molecule has 4 aliphatic rings. The predicted molar refractivity (Wildman–Crippen MR) is 93.3 cm³/mol. The average molecular weight is 332 g/mol. The molecule has 7 atom stereocenters. The van der Waals surface area contributed by atoms with Crippen molar-refractivity contribution in [3.05, 3.63) is 11.6 Å². The van der Waals surface area contributed by atoms with Crippen LogP contribution in [0.25, 0.3) is 0 Å². The largest absolute Gasteiger partial charge is 0.462 e. The predicted octanol–water partition coefficient (Wildman–Crippen LogP) is 4.24. The second-order valence-corrected chi connectivity index (χ2v) is 9.40. The van der Waals surface area contributed by atoms with Crippen molar-refractivity contribution in [2.45, 2.75) is 84.3 Å². The number of hydrogen-bond acceptors (Lipinski definition) is 3. The minimum absolute atomic E-state index is 0.108. The summed E-state index contributed by atoms with van der Waals surface area (Å²) in [6.45, 7) is 6.27. The molecule has 0 aromatic carbocycles. The molecule has 2 unspecified atom stereocenters. The molecule has 0 radical (unpaired) electrons. The van der Waals surface area contributed by atoms with Gasteiger partial charge in [-0.1, -0.05) is 31.9 Å². The summed E-state index contributed by atoms with van der Waals surface area (Å²) in [5, 5.41) is 11.1. The fraction of sp³-hybridized carbons (Fsp3) is 0.857. The molecule has 3 saturated carbocycles. The molecule has 4 aliphatic carbocycles. The van der Waals surface area contributed by atoms with E-state index in [0.29, 0.717) is 17.8 Å². The first kappa shape index (κ1) is 16.6. The van der Waals surface area contributed by atoms with E-state index >= 15 is 0 Å². The molecule has 0 spiro atoms. The smallest absolute Gasteiger partial charge is 0.302 e. The average Bonchev–Trinajstić information content (AvgIpc) is 2.90. The molecule has 0 amide bonds. The van der Waals surface area contributed by atoms with E-state index in [-0.39, 0.29) is 23.6 Å². The number of esters is 1. The number of aliphatic hydroxyl groups excluding tert-OH is 1. The molecule has 24 heavy (non-hydrogen) atoms. The lowest BCUT2D eigenvalue weighted by Gasteiger charge is -2.58. The third-order valence-electron chi connectivity index (χ3n) is 8.28. The van der Waals surface area contributed by atoms with Crippen LogP contribution in [0.4, 0.5) is 0 Å². The van der Waals surface area contributed by atoms with Crippen molar-refractivity contribution in [1.29, 1.82) is 0 Å². The Bertz CT molecular complexity index is 567. The lowest BCUT2D eigenvalue weighted by Crippen LogP contribution is -2.55. The van der Waals surface area contributed by atoms with Crippen LogP contribution in [-0.4, -0.2) is 23.3 Å².